The molecule has 168 valence electrons. The summed E-state index contributed by atoms with van der Waals surface area (Å²) in [7, 11) is 4.00. The average molecular weight is 432 g/mol. The Bertz CT molecular complexity index is 1080. The number of carbonyl (C=O) groups excluding carboxylic acids is 1. The van der Waals surface area contributed by atoms with Crippen molar-refractivity contribution in [1.82, 2.24) is 15.3 Å². The van der Waals surface area contributed by atoms with Crippen molar-refractivity contribution in [3.05, 3.63) is 59.2 Å². The number of aromatic nitrogens is 2. The molecule has 3 aromatic rings. The summed E-state index contributed by atoms with van der Waals surface area (Å²) < 4.78 is 0. The lowest BCUT2D eigenvalue weighted by Gasteiger charge is -2.28. The molecule has 0 radical (unpaired) electrons. The van der Waals surface area contributed by atoms with Gasteiger partial charge in [0.25, 0.3) is 0 Å². The van der Waals surface area contributed by atoms with Gasteiger partial charge in [-0.1, -0.05) is 41.5 Å². The van der Waals surface area contributed by atoms with Crippen molar-refractivity contribution in [2.75, 3.05) is 24.3 Å². The summed E-state index contributed by atoms with van der Waals surface area (Å²) in [5.41, 5.74) is 4.56. The van der Waals surface area contributed by atoms with E-state index in [0.29, 0.717) is 12.5 Å². The number of hydrogen-bond donors (Lipinski definition) is 2. The first-order valence-electron chi connectivity index (χ1n) is 11.4. The van der Waals surface area contributed by atoms with Crippen LogP contribution in [0.5, 0.6) is 0 Å². The number of para-hydroxylation sites is 1. The fourth-order valence-corrected chi connectivity index (χ4v) is 4.65. The second kappa shape index (κ2) is 9.55. The number of benzene rings is 2. The molecular weight excluding hydrogens is 398 g/mol. The fraction of sp³-hybridized carbons (Fsp3) is 0.423. The highest BCUT2D eigenvalue weighted by Crippen LogP contribution is 2.28. The number of nitrogens with one attached hydrogen (secondary N) is 2. The topological polar surface area (TPSA) is 70.2 Å². The van der Waals surface area contributed by atoms with Gasteiger partial charge < -0.3 is 15.5 Å². The minimum Gasteiger partial charge on any atom is -0.362 e. The summed E-state index contributed by atoms with van der Waals surface area (Å²) in [6.07, 6.45) is 3.64. The predicted molar refractivity (Wildman–Crippen MR) is 131 cm³/mol. The van der Waals surface area contributed by atoms with Crippen LogP contribution in [-0.4, -0.2) is 36.0 Å². The largest absolute Gasteiger partial charge is 0.362 e. The molecule has 1 amide bonds. The number of anilines is 2. The molecule has 1 aromatic heterocycles. The Morgan fingerprint density at radius 2 is 1.69 bits per heavy atom. The minimum atomic E-state index is 0.0776. The third-order valence-electron chi connectivity index (χ3n) is 6.19. The summed E-state index contributed by atoms with van der Waals surface area (Å²) in [6.45, 7) is 4.78. The van der Waals surface area contributed by atoms with E-state index in [0.717, 1.165) is 48.0 Å². The first-order chi connectivity index (χ1) is 15.4. The Morgan fingerprint density at radius 1 is 1.00 bits per heavy atom. The molecule has 32 heavy (non-hydrogen) atoms. The van der Waals surface area contributed by atoms with Crippen LogP contribution in [0.1, 0.15) is 42.4 Å². The van der Waals surface area contributed by atoms with E-state index >= 15 is 0 Å². The van der Waals surface area contributed by atoms with Crippen LogP contribution in [0.25, 0.3) is 10.9 Å². The maximum atomic E-state index is 12.7. The number of carbonyl (C=O) groups is 1. The highest BCUT2D eigenvalue weighted by atomic mass is 16.1. The zero-order valence-electron chi connectivity index (χ0n) is 19.5. The smallest absolute Gasteiger partial charge is 0.225 e. The van der Waals surface area contributed by atoms with Crippen molar-refractivity contribution < 1.29 is 4.79 Å². The SMILES string of the molecule is Cc1cc(C)cc(CNC(=O)C2CCC(Nc3nc(N(C)C)c4ccccc4n3)CC2)c1. The molecule has 6 heteroatoms. The van der Waals surface area contributed by atoms with Gasteiger partial charge in [0, 0.05) is 38.0 Å². The fourth-order valence-electron chi connectivity index (χ4n) is 4.65. The second-order valence-corrected chi connectivity index (χ2v) is 9.19. The number of nitrogens with zero attached hydrogens (tertiary/aromatic N) is 3. The molecule has 1 fully saturated rings. The van der Waals surface area contributed by atoms with Crippen LogP contribution in [0.4, 0.5) is 11.8 Å². The molecule has 0 spiro atoms. The average Bonchev–Trinajstić information content (AvgIpc) is 2.76. The van der Waals surface area contributed by atoms with Crippen molar-refractivity contribution in [2.45, 2.75) is 52.1 Å². The van der Waals surface area contributed by atoms with Gasteiger partial charge in [0.15, 0.2) is 0 Å². The summed E-state index contributed by atoms with van der Waals surface area (Å²) >= 11 is 0. The molecule has 0 bridgehead atoms. The summed E-state index contributed by atoms with van der Waals surface area (Å²) in [5, 5.41) is 7.70. The molecule has 4 rings (SSSR count). The summed E-state index contributed by atoms with van der Waals surface area (Å²) in [5.74, 6) is 1.82. The van der Waals surface area contributed by atoms with Gasteiger partial charge in [0.05, 0.1) is 5.52 Å². The first kappa shape index (κ1) is 22.1. The Hall–Kier alpha value is -3.15. The van der Waals surface area contributed by atoms with Crippen LogP contribution in [0.2, 0.25) is 0 Å². The third-order valence-corrected chi connectivity index (χ3v) is 6.19. The molecular formula is C26H33N5O. The molecule has 0 saturated heterocycles. The molecule has 1 heterocycles. The maximum absolute atomic E-state index is 12.7. The molecule has 1 aliphatic rings. The van der Waals surface area contributed by atoms with Crippen LogP contribution in [0.3, 0.4) is 0 Å². The number of fused-ring (bicyclic) bond motifs is 1. The first-order valence-corrected chi connectivity index (χ1v) is 11.4. The number of amides is 1. The zero-order valence-corrected chi connectivity index (χ0v) is 19.5. The number of hydrogen-bond acceptors (Lipinski definition) is 5. The van der Waals surface area contributed by atoms with Crippen molar-refractivity contribution in [2.24, 2.45) is 5.92 Å². The molecule has 1 saturated carbocycles. The van der Waals surface area contributed by atoms with Gasteiger partial charge in [-0.15, -0.1) is 0 Å². The van der Waals surface area contributed by atoms with E-state index in [4.69, 9.17) is 9.97 Å². The Balaban J connectivity index is 1.33. The van der Waals surface area contributed by atoms with Gasteiger partial charge in [-0.25, -0.2) is 4.98 Å². The van der Waals surface area contributed by atoms with E-state index in [1.807, 2.05) is 37.2 Å². The monoisotopic (exact) mass is 431 g/mol. The van der Waals surface area contributed by atoms with Crippen LogP contribution in [0.15, 0.2) is 42.5 Å². The lowest BCUT2D eigenvalue weighted by molar-refractivity contribution is -0.126. The highest BCUT2D eigenvalue weighted by Gasteiger charge is 2.26. The van der Waals surface area contributed by atoms with Crippen molar-refractivity contribution in [3.63, 3.8) is 0 Å². The second-order valence-electron chi connectivity index (χ2n) is 9.19. The summed E-state index contributed by atoms with van der Waals surface area (Å²) in [4.78, 5) is 24.2. The van der Waals surface area contributed by atoms with E-state index in [1.54, 1.807) is 0 Å². The predicted octanol–water partition coefficient (Wildman–Crippen LogP) is 4.60. The van der Waals surface area contributed by atoms with Crippen molar-refractivity contribution in [1.29, 1.82) is 0 Å². The third kappa shape index (κ3) is 5.18. The van der Waals surface area contributed by atoms with Gasteiger partial charge in [0.1, 0.15) is 5.82 Å². The zero-order chi connectivity index (χ0) is 22.7. The Labute approximate surface area is 190 Å². The van der Waals surface area contributed by atoms with Gasteiger partial charge in [0.2, 0.25) is 11.9 Å². The molecule has 0 unspecified atom stereocenters. The molecule has 2 aromatic carbocycles. The number of rotatable bonds is 6. The maximum Gasteiger partial charge on any atom is 0.225 e. The lowest BCUT2D eigenvalue weighted by Crippen LogP contribution is -2.36. The Kier molecular flexibility index (Phi) is 6.58. The van der Waals surface area contributed by atoms with Gasteiger partial charge in [-0.2, -0.15) is 4.98 Å². The normalized spacial score (nSPS) is 18.4. The number of aryl methyl sites for hydroxylation is 2. The summed E-state index contributed by atoms with van der Waals surface area (Å²) in [6, 6.07) is 14.8. The van der Waals surface area contributed by atoms with E-state index in [-0.39, 0.29) is 17.9 Å². The van der Waals surface area contributed by atoms with E-state index < -0.39 is 0 Å². The van der Waals surface area contributed by atoms with Crippen LogP contribution in [-0.2, 0) is 11.3 Å². The van der Waals surface area contributed by atoms with Crippen LogP contribution >= 0.6 is 0 Å². The van der Waals surface area contributed by atoms with Crippen LogP contribution in [0, 0.1) is 19.8 Å². The Morgan fingerprint density at radius 3 is 2.38 bits per heavy atom. The quantitative estimate of drug-likeness (QED) is 0.597. The molecule has 0 atom stereocenters. The van der Waals surface area contributed by atoms with Gasteiger partial charge in [-0.3, -0.25) is 4.79 Å². The van der Waals surface area contributed by atoms with E-state index in [9.17, 15) is 4.79 Å². The van der Waals surface area contributed by atoms with Crippen molar-refractivity contribution >= 4 is 28.6 Å². The molecule has 1 aliphatic carbocycles. The minimum absolute atomic E-state index is 0.0776. The molecule has 0 aliphatic heterocycles. The van der Waals surface area contributed by atoms with Crippen LogP contribution < -0.4 is 15.5 Å². The van der Waals surface area contributed by atoms with E-state index in [2.05, 4.69) is 48.7 Å². The van der Waals surface area contributed by atoms with Crippen molar-refractivity contribution in [3.8, 4) is 0 Å². The molecule has 2 N–H and O–H groups in total. The molecule has 6 nitrogen and oxygen atoms in total. The standard InChI is InChI=1S/C26H33N5O/c1-17-13-18(2)15-19(14-17)16-27-25(32)20-9-11-21(12-10-20)28-26-29-23-8-6-5-7-22(23)24(30-26)31(3)4/h5-8,13-15,20-21H,9-12,16H2,1-4H3,(H,27,32)(H,28,29,30). The lowest BCUT2D eigenvalue weighted by atomic mass is 9.85. The highest BCUT2D eigenvalue weighted by molar-refractivity contribution is 5.90. The van der Waals surface area contributed by atoms with Gasteiger partial charge in [-0.05, 0) is 57.2 Å². The van der Waals surface area contributed by atoms with E-state index in [1.165, 1.54) is 11.1 Å². The van der Waals surface area contributed by atoms with Gasteiger partial charge >= 0.3 is 0 Å².